The first kappa shape index (κ1) is 18.1. The topological polar surface area (TPSA) is 8.81 Å². The number of aryl methyl sites for hydroxylation is 1. The van der Waals surface area contributed by atoms with Crippen molar-refractivity contribution in [2.24, 2.45) is 0 Å². The van der Waals surface area contributed by atoms with E-state index in [4.69, 9.17) is 11.6 Å². The molecule has 0 aliphatic carbocycles. The fraction of sp³-hybridized carbons (Fsp3) is 0.550. The first-order chi connectivity index (χ1) is 11.3. The Hall–Kier alpha value is -1.28. The molecule has 2 nitrogen and oxygen atoms in total. The summed E-state index contributed by atoms with van der Waals surface area (Å²) in [6.45, 7) is 3.38. The lowest BCUT2D eigenvalue weighted by Crippen LogP contribution is -2.27. The van der Waals surface area contributed by atoms with Crippen molar-refractivity contribution in [3.63, 3.8) is 0 Å². The number of nitrogens with zero attached hydrogens (tertiary/aromatic N) is 2. The standard InChI is InChI=1S/C20H30ClN2/c1-2-3-4-5-6-7-8-9-10-15-22-16-17-23(18-22)20-13-11-19(21)12-14-20/h11-14,16-18H,2-10,15H2,1H3/q+1. The van der Waals surface area contributed by atoms with Gasteiger partial charge in [-0.15, -0.1) is 0 Å². The highest BCUT2D eigenvalue weighted by atomic mass is 35.5. The Labute approximate surface area is 146 Å². The van der Waals surface area contributed by atoms with E-state index in [1.165, 1.54) is 57.8 Å². The van der Waals surface area contributed by atoms with E-state index >= 15 is 0 Å². The largest absolute Gasteiger partial charge is 0.248 e. The van der Waals surface area contributed by atoms with Crippen LogP contribution in [0.2, 0.25) is 5.02 Å². The van der Waals surface area contributed by atoms with E-state index in [-0.39, 0.29) is 0 Å². The molecular weight excluding hydrogens is 304 g/mol. The van der Waals surface area contributed by atoms with Gasteiger partial charge in [0, 0.05) is 5.02 Å². The molecule has 0 fully saturated rings. The summed E-state index contributed by atoms with van der Waals surface area (Å²) in [6, 6.07) is 7.96. The minimum Gasteiger partial charge on any atom is -0.236 e. The molecule has 1 aromatic carbocycles. The summed E-state index contributed by atoms with van der Waals surface area (Å²) in [5.74, 6) is 0. The molecular formula is C20H30ClN2+. The number of rotatable bonds is 11. The molecule has 0 N–H and O–H groups in total. The van der Waals surface area contributed by atoms with Crippen LogP contribution in [0.15, 0.2) is 43.0 Å². The molecule has 0 spiro atoms. The fourth-order valence-electron chi connectivity index (χ4n) is 2.90. The Bertz CT molecular complexity index is 545. The average Bonchev–Trinajstić information content (AvgIpc) is 3.03. The average molecular weight is 334 g/mol. The summed E-state index contributed by atoms with van der Waals surface area (Å²) in [7, 11) is 0. The van der Waals surface area contributed by atoms with Crippen LogP contribution < -0.4 is 4.57 Å². The van der Waals surface area contributed by atoms with E-state index in [1.54, 1.807) is 0 Å². The molecule has 0 bridgehead atoms. The zero-order valence-electron chi connectivity index (χ0n) is 14.4. The van der Waals surface area contributed by atoms with E-state index < -0.39 is 0 Å². The summed E-state index contributed by atoms with van der Waals surface area (Å²) in [5, 5.41) is 0.781. The highest BCUT2D eigenvalue weighted by Crippen LogP contribution is 2.11. The van der Waals surface area contributed by atoms with Gasteiger partial charge in [-0.25, -0.2) is 9.13 Å². The van der Waals surface area contributed by atoms with Crippen molar-refractivity contribution in [1.29, 1.82) is 0 Å². The lowest BCUT2D eigenvalue weighted by Gasteiger charge is -2.01. The molecule has 0 saturated carbocycles. The smallest absolute Gasteiger partial charge is 0.236 e. The van der Waals surface area contributed by atoms with E-state index in [9.17, 15) is 0 Å². The van der Waals surface area contributed by atoms with Crippen molar-refractivity contribution in [3.05, 3.63) is 48.0 Å². The van der Waals surface area contributed by atoms with Crippen LogP contribution in [0.4, 0.5) is 0 Å². The van der Waals surface area contributed by atoms with E-state index in [0.29, 0.717) is 0 Å². The Morgan fingerprint density at radius 2 is 1.48 bits per heavy atom. The molecule has 0 saturated heterocycles. The van der Waals surface area contributed by atoms with E-state index in [2.05, 4.69) is 34.8 Å². The van der Waals surface area contributed by atoms with Crippen LogP contribution in [0.3, 0.4) is 0 Å². The maximum atomic E-state index is 5.94. The van der Waals surface area contributed by atoms with Gasteiger partial charge in [0.2, 0.25) is 6.33 Å². The molecule has 0 radical (unpaired) electrons. The van der Waals surface area contributed by atoms with Gasteiger partial charge in [0.25, 0.3) is 0 Å². The van der Waals surface area contributed by atoms with Crippen molar-refractivity contribution in [2.75, 3.05) is 0 Å². The van der Waals surface area contributed by atoms with Gasteiger partial charge in [-0.1, -0.05) is 63.5 Å². The van der Waals surface area contributed by atoms with Crippen LogP contribution in [0.25, 0.3) is 5.69 Å². The first-order valence-electron chi connectivity index (χ1n) is 9.12. The number of imidazole rings is 1. The van der Waals surface area contributed by atoms with Gasteiger partial charge in [0.1, 0.15) is 18.1 Å². The van der Waals surface area contributed by atoms with E-state index in [0.717, 1.165) is 17.3 Å². The Kier molecular flexibility index (Phi) is 8.24. The van der Waals surface area contributed by atoms with Crippen LogP contribution >= 0.6 is 11.6 Å². The van der Waals surface area contributed by atoms with Crippen molar-refractivity contribution in [1.82, 2.24) is 4.57 Å². The molecule has 23 heavy (non-hydrogen) atoms. The van der Waals surface area contributed by atoms with Crippen LogP contribution in [0.1, 0.15) is 64.7 Å². The van der Waals surface area contributed by atoms with Gasteiger partial charge in [0.15, 0.2) is 0 Å². The minimum atomic E-state index is 0.781. The molecule has 0 aliphatic heterocycles. The zero-order valence-corrected chi connectivity index (χ0v) is 15.1. The summed E-state index contributed by atoms with van der Waals surface area (Å²) in [6.07, 6.45) is 18.8. The third-order valence-electron chi connectivity index (χ3n) is 4.34. The summed E-state index contributed by atoms with van der Waals surface area (Å²) >= 11 is 5.94. The first-order valence-corrected chi connectivity index (χ1v) is 9.50. The van der Waals surface area contributed by atoms with Gasteiger partial charge in [0.05, 0.1) is 6.54 Å². The van der Waals surface area contributed by atoms with Crippen LogP contribution in [-0.4, -0.2) is 4.57 Å². The summed E-state index contributed by atoms with van der Waals surface area (Å²) in [4.78, 5) is 0. The molecule has 0 atom stereocenters. The van der Waals surface area contributed by atoms with Crippen LogP contribution in [0, 0.1) is 0 Å². The second-order valence-electron chi connectivity index (χ2n) is 6.36. The lowest BCUT2D eigenvalue weighted by atomic mass is 10.1. The Balaban J connectivity index is 1.61. The Morgan fingerprint density at radius 1 is 0.870 bits per heavy atom. The van der Waals surface area contributed by atoms with Crippen LogP contribution in [0.5, 0.6) is 0 Å². The molecule has 1 heterocycles. The number of halogens is 1. The Morgan fingerprint density at radius 3 is 2.13 bits per heavy atom. The van der Waals surface area contributed by atoms with Gasteiger partial charge < -0.3 is 0 Å². The molecule has 2 aromatic rings. The summed E-state index contributed by atoms with van der Waals surface area (Å²) in [5.41, 5.74) is 1.15. The monoisotopic (exact) mass is 333 g/mol. The molecule has 1 aromatic heterocycles. The van der Waals surface area contributed by atoms with Crippen molar-refractivity contribution < 1.29 is 4.57 Å². The second kappa shape index (κ2) is 10.5. The molecule has 0 amide bonds. The predicted molar refractivity (Wildman–Crippen MR) is 98.2 cm³/mol. The molecule has 3 heteroatoms. The lowest BCUT2D eigenvalue weighted by molar-refractivity contribution is -0.595. The maximum absolute atomic E-state index is 5.94. The maximum Gasteiger partial charge on any atom is 0.248 e. The van der Waals surface area contributed by atoms with Gasteiger partial charge >= 0.3 is 0 Å². The molecule has 0 unspecified atom stereocenters. The number of unbranched alkanes of at least 4 members (excludes halogenated alkanes) is 8. The predicted octanol–water partition coefficient (Wildman–Crippen LogP) is 5.95. The number of benzene rings is 1. The number of aromatic nitrogens is 2. The highest BCUT2D eigenvalue weighted by Gasteiger charge is 2.06. The SMILES string of the molecule is CCCCCCCCCCCn1cc[n+](-c2ccc(Cl)cc2)c1. The van der Waals surface area contributed by atoms with Gasteiger partial charge in [-0.2, -0.15) is 0 Å². The minimum absolute atomic E-state index is 0.781. The van der Waals surface area contributed by atoms with Crippen molar-refractivity contribution in [2.45, 2.75) is 71.3 Å². The quantitative estimate of drug-likeness (QED) is 0.355. The summed E-state index contributed by atoms with van der Waals surface area (Å²) < 4.78 is 4.42. The van der Waals surface area contributed by atoms with E-state index in [1.807, 2.05) is 24.3 Å². The van der Waals surface area contributed by atoms with Gasteiger partial charge in [-0.3, -0.25) is 0 Å². The molecule has 2 rings (SSSR count). The fourth-order valence-corrected chi connectivity index (χ4v) is 3.02. The van der Waals surface area contributed by atoms with Gasteiger partial charge in [-0.05, 0) is 37.1 Å². The van der Waals surface area contributed by atoms with Crippen molar-refractivity contribution >= 4 is 11.6 Å². The normalized spacial score (nSPS) is 11.0. The molecule has 126 valence electrons. The number of hydrogen-bond acceptors (Lipinski definition) is 0. The molecule has 0 aliphatic rings. The third-order valence-corrected chi connectivity index (χ3v) is 4.59. The van der Waals surface area contributed by atoms with Crippen LogP contribution in [-0.2, 0) is 6.54 Å². The zero-order chi connectivity index (χ0) is 16.3. The highest BCUT2D eigenvalue weighted by molar-refractivity contribution is 6.30. The third kappa shape index (κ3) is 6.78. The van der Waals surface area contributed by atoms with Crippen molar-refractivity contribution in [3.8, 4) is 5.69 Å². The number of hydrogen-bond donors (Lipinski definition) is 0. The second-order valence-corrected chi connectivity index (χ2v) is 6.80.